The third-order valence-electron chi connectivity index (χ3n) is 3.31. The van der Waals surface area contributed by atoms with Gasteiger partial charge in [-0.3, -0.25) is 10.2 Å². The molecule has 7 heteroatoms. The average Bonchev–Trinajstić information content (AvgIpc) is 3.18. The zero-order valence-electron chi connectivity index (χ0n) is 13.0. The molecule has 0 unspecified atom stereocenters. The summed E-state index contributed by atoms with van der Waals surface area (Å²) in [7, 11) is -4.05. The van der Waals surface area contributed by atoms with Gasteiger partial charge in [0, 0.05) is 0 Å². The van der Waals surface area contributed by atoms with Gasteiger partial charge < -0.3 is 0 Å². The topological polar surface area (TPSA) is 75.6 Å². The van der Waals surface area contributed by atoms with Crippen molar-refractivity contribution in [3.05, 3.63) is 83.1 Å². The van der Waals surface area contributed by atoms with E-state index in [1.165, 1.54) is 23.5 Å². The predicted molar refractivity (Wildman–Crippen MR) is 99.8 cm³/mol. The van der Waals surface area contributed by atoms with Crippen LogP contribution in [0.15, 0.2) is 88.2 Å². The van der Waals surface area contributed by atoms with Crippen molar-refractivity contribution >= 4 is 37.7 Å². The molecule has 0 spiro atoms. The van der Waals surface area contributed by atoms with E-state index in [1.807, 2.05) is 6.07 Å². The summed E-state index contributed by atoms with van der Waals surface area (Å²) in [5, 5.41) is 5.11. The number of nitrogens with one attached hydrogen (secondary N) is 1. The van der Waals surface area contributed by atoms with Gasteiger partial charge in [-0.2, -0.15) is 5.10 Å². The number of rotatable bonds is 5. The van der Waals surface area contributed by atoms with Gasteiger partial charge >= 0.3 is 0 Å². The normalized spacial score (nSPS) is 11.9. The number of hydrogen-bond donors (Lipinski definition) is 1. The Kier molecular flexibility index (Phi) is 5.06. The highest BCUT2D eigenvalue weighted by Gasteiger charge is 2.30. The van der Waals surface area contributed by atoms with Gasteiger partial charge in [0.1, 0.15) is 0 Å². The maximum absolute atomic E-state index is 12.9. The molecule has 0 aliphatic carbocycles. The zero-order chi connectivity index (χ0) is 17.7. The second kappa shape index (κ2) is 7.42. The number of benzene rings is 2. The molecule has 0 aliphatic rings. The van der Waals surface area contributed by atoms with E-state index in [1.54, 1.807) is 60.0 Å². The van der Waals surface area contributed by atoms with Crippen molar-refractivity contribution in [1.29, 1.82) is 0 Å². The summed E-state index contributed by atoms with van der Waals surface area (Å²) in [6.45, 7) is 0. The Hall–Kier alpha value is -2.77. The van der Waals surface area contributed by atoms with Crippen molar-refractivity contribution in [1.82, 2.24) is 0 Å². The van der Waals surface area contributed by atoms with E-state index in [9.17, 15) is 13.2 Å². The molecule has 126 valence electrons. The summed E-state index contributed by atoms with van der Waals surface area (Å²) in [6, 6.07) is 19.9. The first kappa shape index (κ1) is 17.1. The van der Waals surface area contributed by atoms with E-state index < -0.39 is 20.7 Å². The van der Waals surface area contributed by atoms with Gasteiger partial charge in [-0.05, 0) is 35.7 Å². The van der Waals surface area contributed by atoms with Crippen LogP contribution in [0.3, 0.4) is 0 Å². The molecule has 1 aromatic heterocycles. The number of carbonyl (C=O) groups excluding carboxylic acids is 1. The molecular weight excluding hydrogens is 356 g/mol. The summed E-state index contributed by atoms with van der Waals surface area (Å²) in [5.41, 5.74) is 3.24. The van der Waals surface area contributed by atoms with Gasteiger partial charge in [-0.1, -0.05) is 42.5 Å². The summed E-state index contributed by atoms with van der Waals surface area (Å²) >= 11 is 1.17. The molecule has 0 bridgehead atoms. The number of anilines is 1. The van der Waals surface area contributed by atoms with Crippen LogP contribution in [0.5, 0.6) is 0 Å². The third kappa shape index (κ3) is 3.84. The van der Waals surface area contributed by atoms with Crippen molar-refractivity contribution in [2.24, 2.45) is 5.10 Å². The fraction of sp³-hybridized carbons (Fsp3) is 0. The molecule has 0 radical (unpaired) electrons. The lowest BCUT2D eigenvalue weighted by Crippen LogP contribution is -2.25. The summed E-state index contributed by atoms with van der Waals surface area (Å²) in [4.78, 5) is 13.0. The molecule has 25 heavy (non-hydrogen) atoms. The molecular formula is C18H14N2O3S2. The highest BCUT2D eigenvalue weighted by molar-refractivity contribution is 8.08. The van der Waals surface area contributed by atoms with E-state index in [-0.39, 0.29) is 4.90 Å². The van der Waals surface area contributed by atoms with E-state index in [0.717, 1.165) is 0 Å². The molecule has 2 aromatic carbocycles. The Balaban J connectivity index is 2.04. The minimum absolute atomic E-state index is 0.0218. The monoisotopic (exact) mass is 370 g/mol. The third-order valence-corrected chi connectivity index (χ3v) is 5.85. The van der Waals surface area contributed by atoms with Crippen molar-refractivity contribution in [3.8, 4) is 0 Å². The van der Waals surface area contributed by atoms with E-state index in [2.05, 4.69) is 10.5 Å². The van der Waals surface area contributed by atoms with Crippen LogP contribution in [0.1, 0.15) is 9.67 Å². The number of para-hydroxylation sites is 1. The Bertz CT molecular complexity index is 981. The van der Waals surface area contributed by atoms with Crippen molar-refractivity contribution in [2.75, 3.05) is 5.43 Å². The largest absolute Gasteiger partial charge is 0.285 e. The predicted octanol–water partition coefficient (Wildman–Crippen LogP) is 3.83. The molecule has 0 fully saturated rings. The molecule has 3 aromatic rings. The van der Waals surface area contributed by atoms with Gasteiger partial charge in [0.2, 0.25) is 20.7 Å². The average molecular weight is 370 g/mol. The Labute approximate surface area is 149 Å². The summed E-state index contributed by atoms with van der Waals surface area (Å²) in [6.07, 6.45) is 0. The Morgan fingerprint density at radius 3 is 2.12 bits per heavy atom. The summed E-state index contributed by atoms with van der Waals surface area (Å²) < 4.78 is 25.8. The number of ketones is 1. The van der Waals surface area contributed by atoms with Crippen LogP contribution < -0.4 is 5.43 Å². The molecule has 1 heterocycles. The van der Waals surface area contributed by atoms with E-state index in [4.69, 9.17) is 0 Å². The van der Waals surface area contributed by atoms with E-state index in [0.29, 0.717) is 10.6 Å². The zero-order valence-corrected chi connectivity index (χ0v) is 14.6. The number of Topliss-reactive ketones (excluding diaryl/α,β-unsaturated/α-hetero) is 1. The molecule has 0 saturated carbocycles. The first-order valence-electron chi connectivity index (χ1n) is 7.36. The first-order chi connectivity index (χ1) is 12.1. The SMILES string of the molecule is O=C(/C(=N\Nc1ccccc1)S(=O)(=O)c1ccccc1)c1cccs1. The minimum Gasteiger partial charge on any atom is -0.285 e. The van der Waals surface area contributed by atoms with Crippen molar-refractivity contribution in [3.63, 3.8) is 0 Å². The quantitative estimate of drug-likeness (QED) is 0.320. The number of nitrogens with zero attached hydrogens (tertiary/aromatic N) is 1. The second-order valence-electron chi connectivity index (χ2n) is 5.02. The maximum Gasteiger partial charge on any atom is 0.235 e. The summed E-state index contributed by atoms with van der Waals surface area (Å²) in [5.74, 6) is -0.637. The second-order valence-corrected chi connectivity index (χ2v) is 7.83. The number of hydrogen-bond acceptors (Lipinski definition) is 6. The Morgan fingerprint density at radius 2 is 1.52 bits per heavy atom. The smallest absolute Gasteiger partial charge is 0.235 e. The van der Waals surface area contributed by atoms with Crippen LogP contribution in [0.25, 0.3) is 0 Å². The number of thiophene rings is 1. The maximum atomic E-state index is 12.9. The fourth-order valence-corrected chi connectivity index (χ4v) is 4.07. The van der Waals surface area contributed by atoms with Crippen LogP contribution in [0.4, 0.5) is 5.69 Å². The lowest BCUT2D eigenvalue weighted by molar-refractivity contribution is 0.107. The van der Waals surface area contributed by atoms with Crippen LogP contribution in [0.2, 0.25) is 0 Å². The number of sulfone groups is 1. The number of hydrazone groups is 1. The van der Waals surface area contributed by atoms with Crippen LogP contribution in [-0.4, -0.2) is 19.2 Å². The molecule has 0 atom stereocenters. The standard InChI is InChI=1S/C18H14N2O3S2/c21-17(16-12-7-13-24-16)18(20-19-14-8-3-1-4-9-14)25(22,23)15-10-5-2-6-11-15/h1-13,19H/b20-18+. The fourth-order valence-electron chi connectivity index (χ4n) is 2.09. The van der Waals surface area contributed by atoms with Crippen molar-refractivity contribution in [2.45, 2.75) is 4.90 Å². The first-order valence-corrected chi connectivity index (χ1v) is 9.72. The molecule has 0 amide bonds. The molecule has 0 saturated heterocycles. The van der Waals surface area contributed by atoms with Crippen LogP contribution >= 0.6 is 11.3 Å². The lowest BCUT2D eigenvalue weighted by Gasteiger charge is -2.08. The minimum atomic E-state index is -4.05. The van der Waals surface area contributed by atoms with Crippen LogP contribution in [-0.2, 0) is 9.84 Å². The lowest BCUT2D eigenvalue weighted by atomic mass is 10.3. The molecule has 3 rings (SSSR count). The van der Waals surface area contributed by atoms with Crippen molar-refractivity contribution < 1.29 is 13.2 Å². The Morgan fingerprint density at radius 1 is 0.880 bits per heavy atom. The molecule has 1 N–H and O–H groups in total. The van der Waals surface area contributed by atoms with Gasteiger partial charge in [-0.15, -0.1) is 11.3 Å². The highest BCUT2D eigenvalue weighted by Crippen LogP contribution is 2.18. The van der Waals surface area contributed by atoms with Gasteiger partial charge in [-0.25, -0.2) is 8.42 Å². The van der Waals surface area contributed by atoms with Gasteiger partial charge in [0.25, 0.3) is 0 Å². The molecule has 0 aliphatic heterocycles. The molecule has 5 nitrogen and oxygen atoms in total. The van der Waals surface area contributed by atoms with Gasteiger partial charge in [0.15, 0.2) is 0 Å². The number of carbonyl (C=O) groups is 1. The highest BCUT2D eigenvalue weighted by atomic mass is 32.2. The van der Waals surface area contributed by atoms with Crippen LogP contribution in [0, 0.1) is 0 Å². The van der Waals surface area contributed by atoms with E-state index >= 15 is 0 Å². The van der Waals surface area contributed by atoms with Gasteiger partial charge in [0.05, 0.1) is 15.5 Å².